The van der Waals surface area contributed by atoms with E-state index < -0.39 is 12.1 Å². The van der Waals surface area contributed by atoms with Crippen LogP contribution in [0, 0.1) is 24.2 Å². The summed E-state index contributed by atoms with van der Waals surface area (Å²) in [6.45, 7) is 7.33. The second-order valence-electron chi connectivity index (χ2n) is 7.73. The fourth-order valence-electron chi connectivity index (χ4n) is 3.99. The van der Waals surface area contributed by atoms with E-state index >= 15 is 0 Å². The highest BCUT2D eigenvalue weighted by Gasteiger charge is 2.33. The molecule has 0 radical (unpaired) electrons. The fourth-order valence-corrected chi connectivity index (χ4v) is 4.16. The van der Waals surface area contributed by atoms with Gasteiger partial charge in [-0.15, -0.1) is 0 Å². The van der Waals surface area contributed by atoms with Crippen LogP contribution >= 0.6 is 11.6 Å². The molecule has 7 nitrogen and oxygen atoms in total. The summed E-state index contributed by atoms with van der Waals surface area (Å²) < 4.78 is 33.9. The minimum absolute atomic E-state index is 0.111. The number of alkyl halides is 2. The second kappa shape index (κ2) is 9.25. The van der Waals surface area contributed by atoms with Gasteiger partial charge in [0.05, 0.1) is 18.0 Å². The zero-order valence-electron chi connectivity index (χ0n) is 18.1. The summed E-state index contributed by atoms with van der Waals surface area (Å²) in [5, 5.41) is 14.2. The lowest BCUT2D eigenvalue weighted by Gasteiger charge is -2.41. The van der Waals surface area contributed by atoms with Crippen LogP contribution < -0.4 is 4.90 Å². The van der Waals surface area contributed by atoms with E-state index in [4.69, 9.17) is 16.3 Å². The van der Waals surface area contributed by atoms with Crippen molar-refractivity contribution in [3.8, 4) is 6.07 Å². The van der Waals surface area contributed by atoms with Crippen LogP contribution in [-0.2, 0) is 4.74 Å². The number of anilines is 1. The number of methoxy groups -OCH3 is 1. The van der Waals surface area contributed by atoms with Crippen LogP contribution in [0.3, 0.4) is 0 Å². The van der Waals surface area contributed by atoms with Crippen LogP contribution in [0.5, 0.6) is 0 Å². The quantitative estimate of drug-likeness (QED) is 0.617. The summed E-state index contributed by atoms with van der Waals surface area (Å²) in [7, 11) is 1.64. The molecule has 2 aromatic heterocycles. The van der Waals surface area contributed by atoms with E-state index in [-0.39, 0.29) is 11.2 Å². The van der Waals surface area contributed by atoms with Crippen molar-refractivity contribution in [3.63, 3.8) is 0 Å². The number of rotatable bonds is 6. The molecular weight excluding hydrogens is 450 g/mol. The minimum atomic E-state index is -2.89. The molecule has 0 N–H and O–H groups in total. The normalized spacial score (nSPS) is 18.8. The van der Waals surface area contributed by atoms with Gasteiger partial charge in [-0.3, -0.25) is 4.99 Å². The summed E-state index contributed by atoms with van der Waals surface area (Å²) in [6.07, 6.45) is 5.67. The van der Waals surface area contributed by atoms with E-state index in [0.29, 0.717) is 53.4 Å². The van der Waals surface area contributed by atoms with Crippen LogP contribution in [0.2, 0.25) is 0 Å². The number of nitriles is 1. The predicted molar refractivity (Wildman–Crippen MR) is 124 cm³/mol. The van der Waals surface area contributed by atoms with Gasteiger partial charge in [0.2, 0.25) is 0 Å². The third kappa shape index (κ3) is 4.19. The Morgan fingerprint density at radius 1 is 1.42 bits per heavy atom. The van der Waals surface area contributed by atoms with Gasteiger partial charge in [-0.05, 0) is 25.2 Å². The van der Waals surface area contributed by atoms with Crippen molar-refractivity contribution in [2.45, 2.75) is 13.3 Å². The number of fused-ring (bicyclic) bond motifs is 1. The van der Waals surface area contributed by atoms with E-state index in [1.54, 1.807) is 26.2 Å². The summed E-state index contributed by atoms with van der Waals surface area (Å²) in [5.74, 6) is 0.890. The molecule has 1 saturated heterocycles. The Kier molecular flexibility index (Phi) is 6.40. The van der Waals surface area contributed by atoms with E-state index in [1.807, 2.05) is 23.1 Å². The molecule has 10 heteroatoms. The highest BCUT2D eigenvalue weighted by atomic mass is 35.5. The Bertz CT molecular complexity index is 1280. The second-order valence-corrected chi connectivity index (χ2v) is 8.16. The SMILES string of the molecule is C=CN=C1C=C(Cl)C=C/C1=C\c1c(C)nc2c(C#N)c(C(F)F)nn2c1N1CC(COC)C1. The molecule has 33 heavy (non-hydrogen) atoms. The number of halogens is 3. The number of aliphatic imine (C=N–C) groups is 1. The maximum Gasteiger partial charge on any atom is 0.283 e. The lowest BCUT2D eigenvalue weighted by atomic mass is 9.98. The van der Waals surface area contributed by atoms with E-state index in [1.165, 1.54) is 10.7 Å². The van der Waals surface area contributed by atoms with Crippen LogP contribution in [0.1, 0.15) is 28.9 Å². The number of nitrogens with zero attached hydrogens (tertiary/aromatic N) is 6. The maximum absolute atomic E-state index is 13.6. The van der Waals surface area contributed by atoms with E-state index in [9.17, 15) is 14.0 Å². The van der Waals surface area contributed by atoms with Crippen molar-refractivity contribution in [1.82, 2.24) is 14.6 Å². The van der Waals surface area contributed by atoms with Gasteiger partial charge in [0.1, 0.15) is 23.1 Å². The first-order valence-corrected chi connectivity index (χ1v) is 10.6. The van der Waals surface area contributed by atoms with E-state index in [0.717, 1.165) is 5.57 Å². The molecule has 1 aliphatic carbocycles. The first kappa shape index (κ1) is 22.8. The molecule has 0 atom stereocenters. The lowest BCUT2D eigenvalue weighted by Crippen LogP contribution is -2.50. The Hall–Kier alpha value is -3.35. The number of aromatic nitrogens is 3. The number of allylic oxidation sites excluding steroid dienone is 5. The number of ether oxygens (including phenoxy) is 1. The summed E-state index contributed by atoms with van der Waals surface area (Å²) in [5.41, 5.74) is 1.93. The van der Waals surface area contributed by atoms with Crippen LogP contribution in [0.25, 0.3) is 11.7 Å². The van der Waals surface area contributed by atoms with Crippen LogP contribution in [-0.4, -0.2) is 47.1 Å². The number of hydrogen-bond acceptors (Lipinski definition) is 6. The van der Waals surface area contributed by atoms with Gasteiger partial charge in [-0.25, -0.2) is 13.8 Å². The molecule has 3 heterocycles. The van der Waals surface area contributed by atoms with Gasteiger partial charge in [0.15, 0.2) is 5.65 Å². The van der Waals surface area contributed by atoms with E-state index in [2.05, 4.69) is 21.7 Å². The lowest BCUT2D eigenvalue weighted by molar-refractivity contribution is 0.136. The Balaban J connectivity index is 1.94. The van der Waals surface area contributed by atoms with Gasteiger partial charge in [-0.1, -0.05) is 24.3 Å². The Morgan fingerprint density at radius 3 is 2.82 bits per heavy atom. The highest BCUT2D eigenvalue weighted by molar-refractivity contribution is 6.35. The predicted octanol–water partition coefficient (Wildman–Crippen LogP) is 4.59. The van der Waals surface area contributed by atoms with Crippen LogP contribution in [0.4, 0.5) is 14.6 Å². The molecule has 170 valence electrons. The van der Waals surface area contributed by atoms with Gasteiger partial charge in [0.25, 0.3) is 6.43 Å². The zero-order valence-corrected chi connectivity index (χ0v) is 18.9. The molecule has 2 aliphatic rings. The smallest absolute Gasteiger partial charge is 0.283 e. The molecule has 1 fully saturated rings. The molecule has 1 aliphatic heterocycles. The molecule has 0 amide bonds. The third-order valence-electron chi connectivity index (χ3n) is 5.49. The van der Waals surface area contributed by atoms with Crippen molar-refractivity contribution < 1.29 is 13.5 Å². The number of aryl methyl sites for hydroxylation is 1. The van der Waals surface area contributed by atoms with Crippen molar-refractivity contribution in [2.24, 2.45) is 10.9 Å². The summed E-state index contributed by atoms with van der Waals surface area (Å²) in [6, 6.07) is 1.84. The third-order valence-corrected chi connectivity index (χ3v) is 5.73. The highest BCUT2D eigenvalue weighted by Crippen LogP contribution is 2.35. The van der Waals surface area contributed by atoms with Crippen LogP contribution in [0.15, 0.2) is 46.6 Å². The molecule has 2 aromatic rings. The van der Waals surface area contributed by atoms with Gasteiger partial charge >= 0.3 is 0 Å². The minimum Gasteiger partial charge on any atom is -0.384 e. The average molecular weight is 471 g/mol. The zero-order chi connectivity index (χ0) is 23.7. The largest absolute Gasteiger partial charge is 0.384 e. The van der Waals surface area contributed by atoms with Crippen molar-refractivity contribution >= 4 is 34.9 Å². The maximum atomic E-state index is 13.6. The first-order chi connectivity index (χ1) is 15.9. The topological polar surface area (TPSA) is 78.8 Å². The van der Waals surface area contributed by atoms with Crippen molar-refractivity contribution in [3.05, 3.63) is 64.1 Å². The van der Waals surface area contributed by atoms with Gasteiger partial charge in [-0.2, -0.15) is 14.9 Å². The van der Waals surface area contributed by atoms with Gasteiger partial charge < -0.3 is 9.64 Å². The molecule has 0 unspecified atom stereocenters. The average Bonchev–Trinajstić information content (AvgIpc) is 3.11. The molecule has 0 aromatic carbocycles. The summed E-state index contributed by atoms with van der Waals surface area (Å²) in [4.78, 5) is 10.8. The van der Waals surface area contributed by atoms with Gasteiger partial charge in [0, 0.05) is 48.5 Å². The number of hydrogen-bond donors (Lipinski definition) is 0. The fraction of sp³-hybridized carbons (Fsp3) is 0.304. The Labute approximate surface area is 194 Å². The summed E-state index contributed by atoms with van der Waals surface area (Å²) >= 11 is 6.13. The molecule has 0 bridgehead atoms. The first-order valence-electron chi connectivity index (χ1n) is 10.2. The monoisotopic (exact) mass is 470 g/mol. The van der Waals surface area contributed by atoms with Crippen molar-refractivity contribution in [2.75, 3.05) is 31.7 Å². The molecule has 0 saturated carbocycles. The Morgan fingerprint density at radius 2 is 2.18 bits per heavy atom. The molecule has 0 spiro atoms. The van der Waals surface area contributed by atoms with Crippen molar-refractivity contribution in [1.29, 1.82) is 5.26 Å². The molecular formula is C23H21ClF2N6O. The standard InChI is InChI=1S/C23H21ClF2N6O/c1-4-28-19-8-16(24)6-5-15(19)7-17-13(2)29-22-18(9-27)20(21(25)26)30-32(22)23(17)31-10-14(11-31)12-33-3/h4-8,14,21H,1,10-12H2,2-3H3/b15-7+,28-19?. The molecule has 4 rings (SSSR count).